The lowest BCUT2D eigenvalue weighted by Gasteiger charge is -2.25. The normalized spacial score (nSPS) is 12.9. The molecule has 0 saturated carbocycles. The maximum absolute atomic E-state index is 11.2. The molecule has 2 amide bonds. The summed E-state index contributed by atoms with van der Waals surface area (Å²) in [6.07, 6.45) is 1.28. The molecule has 0 aliphatic carbocycles. The van der Waals surface area contributed by atoms with E-state index in [0.29, 0.717) is 6.54 Å². The summed E-state index contributed by atoms with van der Waals surface area (Å²) in [7, 11) is 1.55. The molecule has 5 N–H and O–H groups in total. The molecule has 0 saturated heterocycles. The Morgan fingerprint density at radius 3 is 2.58 bits per heavy atom. The first-order valence-electron chi connectivity index (χ1n) is 5.76. The van der Waals surface area contributed by atoms with Gasteiger partial charge in [-0.2, -0.15) is 0 Å². The number of likely N-dealkylation sites (N-methyl/N-ethyl adjacent to an activating group) is 1. The number of guanidine groups is 1. The second kappa shape index (κ2) is 7.37. The summed E-state index contributed by atoms with van der Waals surface area (Å²) in [5, 5.41) is 19.9. The van der Waals surface area contributed by atoms with E-state index in [-0.39, 0.29) is 11.8 Å². The third kappa shape index (κ3) is 6.41. The Hall–Kier alpha value is -2.09. The zero-order valence-electron chi connectivity index (χ0n) is 11.8. The van der Waals surface area contributed by atoms with Crippen molar-refractivity contribution in [3.05, 3.63) is 12.8 Å². The Labute approximate surface area is 113 Å². The van der Waals surface area contributed by atoms with Gasteiger partial charge in [0.25, 0.3) is 0 Å². The van der Waals surface area contributed by atoms with Crippen LogP contribution in [0, 0.1) is 0 Å². The van der Waals surface area contributed by atoms with Crippen molar-refractivity contribution in [3.63, 3.8) is 0 Å². The van der Waals surface area contributed by atoms with Gasteiger partial charge in [0.15, 0.2) is 5.84 Å². The Bertz CT molecular complexity index is 383. The number of nitrogens with one attached hydrogen (secondary N) is 2. The molecule has 0 rings (SSSR count). The summed E-state index contributed by atoms with van der Waals surface area (Å²) in [6, 6.07) is -0.456. The highest BCUT2D eigenvalue weighted by atomic mass is 16.3. The topological polar surface area (TPSA) is 115 Å². The standard InChI is InChI=1S/C11H22N6O2/c1-6-13-8(11(3,4)19)17(5)16-9(12)15-10(18)14-7-2/h6,19H,1,7H2,2-5H3,(H4,12,14,15,16,18). The smallest absolute Gasteiger partial charge is 0.321 e. The van der Waals surface area contributed by atoms with Crippen molar-refractivity contribution >= 4 is 17.8 Å². The lowest BCUT2D eigenvalue weighted by atomic mass is 10.1. The lowest BCUT2D eigenvalue weighted by Crippen LogP contribution is -2.46. The van der Waals surface area contributed by atoms with Gasteiger partial charge in [0.2, 0.25) is 5.96 Å². The van der Waals surface area contributed by atoms with Crippen LogP contribution in [-0.4, -0.2) is 47.1 Å². The average molecular weight is 270 g/mol. The number of nitrogens with zero attached hydrogens (tertiary/aromatic N) is 3. The van der Waals surface area contributed by atoms with E-state index < -0.39 is 11.6 Å². The number of hydrogen-bond acceptors (Lipinski definition) is 4. The van der Waals surface area contributed by atoms with E-state index in [9.17, 15) is 9.90 Å². The first-order valence-corrected chi connectivity index (χ1v) is 5.76. The number of carbonyl (C=O) groups is 1. The third-order valence-corrected chi connectivity index (χ3v) is 1.90. The molecule has 0 aliphatic rings. The number of amidine groups is 1. The van der Waals surface area contributed by atoms with E-state index in [1.165, 1.54) is 11.2 Å². The highest BCUT2D eigenvalue weighted by molar-refractivity contribution is 5.96. The van der Waals surface area contributed by atoms with Gasteiger partial charge in [-0.25, -0.2) is 14.8 Å². The van der Waals surface area contributed by atoms with Crippen molar-refractivity contribution < 1.29 is 9.90 Å². The predicted octanol–water partition coefficient (Wildman–Crippen LogP) is -0.220. The van der Waals surface area contributed by atoms with Crippen LogP contribution >= 0.6 is 0 Å². The molecule has 0 heterocycles. The van der Waals surface area contributed by atoms with Gasteiger partial charge in [0.1, 0.15) is 5.60 Å². The molecular weight excluding hydrogens is 248 g/mol. The quantitative estimate of drug-likeness (QED) is 0.321. The van der Waals surface area contributed by atoms with Crippen LogP contribution in [0.2, 0.25) is 0 Å². The third-order valence-electron chi connectivity index (χ3n) is 1.90. The number of carbonyl (C=O) groups excluding carboxylic acids is 1. The molecule has 0 bridgehead atoms. The molecule has 0 fully saturated rings. The molecule has 0 aromatic heterocycles. The van der Waals surface area contributed by atoms with Gasteiger partial charge in [-0.3, -0.25) is 5.32 Å². The number of aliphatic imine (C=N–C) groups is 1. The second-order valence-electron chi connectivity index (χ2n) is 4.19. The average Bonchev–Trinajstić information content (AvgIpc) is 2.23. The zero-order chi connectivity index (χ0) is 15.1. The van der Waals surface area contributed by atoms with Gasteiger partial charge in [0.05, 0.1) is 0 Å². The van der Waals surface area contributed by atoms with Crippen LogP contribution in [0.5, 0.6) is 0 Å². The first-order chi connectivity index (χ1) is 8.72. The van der Waals surface area contributed by atoms with Crippen molar-refractivity contribution in [2.24, 2.45) is 15.8 Å². The molecule has 8 nitrogen and oxygen atoms in total. The highest BCUT2D eigenvalue weighted by Crippen LogP contribution is 2.08. The molecule has 0 aromatic carbocycles. The summed E-state index contributed by atoms with van der Waals surface area (Å²) in [5.41, 5.74) is 4.33. The highest BCUT2D eigenvalue weighted by Gasteiger charge is 2.25. The Morgan fingerprint density at radius 1 is 1.58 bits per heavy atom. The summed E-state index contributed by atoms with van der Waals surface area (Å²) < 4.78 is 0. The van der Waals surface area contributed by atoms with Gasteiger partial charge in [-0.05, 0) is 20.8 Å². The summed E-state index contributed by atoms with van der Waals surface area (Å²) in [6.45, 7) is 8.82. The first kappa shape index (κ1) is 16.9. The second-order valence-corrected chi connectivity index (χ2v) is 4.19. The number of nitrogens with two attached hydrogens (primary N) is 1. The number of amides is 2. The predicted molar refractivity (Wildman–Crippen MR) is 75.5 cm³/mol. The summed E-state index contributed by atoms with van der Waals surface area (Å²) in [5.74, 6) is 0.123. The number of hydrazone groups is 1. The molecule has 0 aromatic rings. The number of aliphatic hydroxyl groups is 1. The molecule has 0 unspecified atom stereocenters. The van der Waals surface area contributed by atoms with E-state index >= 15 is 0 Å². The van der Waals surface area contributed by atoms with Crippen LogP contribution in [0.25, 0.3) is 0 Å². The van der Waals surface area contributed by atoms with Crippen LogP contribution in [0.15, 0.2) is 22.9 Å². The van der Waals surface area contributed by atoms with Crippen LogP contribution in [-0.2, 0) is 0 Å². The molecule has 0 aliphatic heterocycles. The Kier molecular flexibility index (Phi) is 6.56. The van der Waals surface area contributed by atoms with Gasteiger partial charge in [0, 0.05) is 19.8 Å². The molecular formula is C11H22N6O2. The fourth-order valence-corrected chi connectivity index (χ4v) is 1.28. The number of urea groups is 1. The summed E-state index contributed by atoms with van der Waals surface area (Å²) in [4.78, 5) is 15.2. The molecule has 19 heavy (non-hydrogen) atoms. The number of hydrogen-bond donors (Lipinski definition) is 4. The monoisotopic (exact) mass is 270 g/mol. The van der Waals surface area contributed by atoms with Gasteiger partial charge >= 0.3 is 6.03 Å². The largest absolute Gasteiger partial charge is 0.382 e. The van der Waals surface area contributed by atoms with Gasteiger partial charge in [-0.15, -0.1) is 5.10 Å². The van der Waals surface area contributed by atoms with Crippen molar-refractivity contribution in [2.75, 3.05) is 13.6 Å². The van der Waals surface area contributed by atoms with E-state index in [4.69, 9.17) is 5.73 Å². The molecule has 0 spiro atoms. The maximum Gasteiger partial charge on any atom is 0.321 e. The van der Waals surface area contributed by atoms with E-state index in [2.05, 4.69) is 27.3 Å². The van der Waals surface area contributed by atoms with Crippen LogP contribution < -0.4 is 16.4 Å². The molecule has 108 valence electrons. The van der Waals surface area contributed by atoms with Crippen molar-refractivity contribution in [1.82, 2.24) is 15.6 Å². The minimum Gasteiger partial charge on any atom is -0.382 e. The minimum atomic E-state index is -1.22. The minimum absolute atomic E-state index is 0.116. The van der Waals surface area contributed by atoms with Crippen LogP contribution in [0.1, 0.15) is 20.8 Å². The fourth-order valence-electron chi connectivity index (χ4n) is 1.28. The van der Waals surface area contributed by atoms with Crippen molar-refractivity contribution in [3.8, 4) is 0 Å². The lowest BCUT2D eigenvalue weighted by molar-refractivity contribution is 0.139. The van der Waals surface area contributed by atoms with Gasteiger partial charge < -0.3 is 16.2 Å². The zero-order valence-corrected chi connectivity index (χ0v) is 11.8. The van der Waals surface area contributed by atoms with Crippen LogP contribution in [0.4, 0.5) is 4.79 Å². The number of rotatable bonds is 4. The maximum atomic E-state index is 11.2. The Balaban J connectivity index is 4.89. The van der Waals surface area contributed by atoms with E-state index in [1.807, 2.05) is 0 Å². The van der Waals surface area contributed by atoms with Crippen LogP contribution in [0.3, 0.4) is 0 Å². The molecule has 8 heteroatoms. The fraction of sp³-hybridized carbons (Fsp3) is 0.545. The summed E-state index contributed by atoms with van der Waals surface area (Å²) >= 11 is 0. The van der Waals surface area contributed by atoms with Gasteiger partial charge in [-0.1, -0.05) is 6.58 Å². The Morgan fingerprint density at radius 2 is 2.16 bits per heavy atom. The van der Waals surface area contributed by atoms with E-state index in [0.717, 1.165) is 0 Å². The molecule has 0 atom stereocenters. The SMILES string of the molecule is C=CN=C(N(C)N=C(N)NC(=O)NCC)C(C)(C)O. The van der Waals surface area contributed by atoms with E-state index in [1.54, 1.807) is 27.8 Å². The van der Waals surface area contributed by atoms with Crippen molar-refractivity contribution in [1.29, 1.82) is 0 Å². The molecule has 0 radical (unpaired) electrons. The van der Waals surface area contributed by atoms with Crippen molar-refractivity contribution in [2.45, 2.75) is 26.4 Å².